The number of rotatable bonds is 6. The van der Waals surface area contributed by atoms with Crippen molar-refractivity contribution < 1.29 is 4.79 Å². The minimum absolute atomic E-state index is 0.140. The van der Waals surface area contributed by atoms with E-state index in [2.05, 4.69) is 20.8 Å². The van der Waals surface area contributed by atoms with Gasteiger partial charge in [0.2, 0.25) is 5.43 Å². The van der Waals surface area contributed by atoms with Crippen LogP contribution in [0.25, 0.3) is 5.69 Å². The van der Waals surface area contributed by atoms with Crippen molar-refractivity contribution in [2.24, 2.45) is 7.05 Å². The Morgan fingerprint density at radius 1 is 1.03 bits per heavy atom. The first-order chi connectivity index (χ1) is 15.1. The molecule has 156 valence electrons. The Kier molecular flexibility index (Phi) is 5.89. The highest BCUT2D eigenvalue weighted by molar-refractivity contribution is 5.89. The lowest BCUT2D eigenvalue weighted by Gasteiger charge is -2.10. The van der Waals surface area contributed by atoms with Crippen LogP contribution in [0.15, 0.2) is 84.0 Å². The lowest BCUT2D eigenvalue weighted by atomic mass is 10.1. The molecule has 8 heteroatoms. The lowest BCUT2D eigenvalue weighted by Crippen LogP contribution is -2.28. The maximum absolute atomic E-state index is 12.3. The summed E-state index contributed by atoms with van der Waals surface area (Å²) >= 11 is 0. The molecule has 4 rings (SSSR count). The Balaban J connectivity index is 1.44. The van der Waals surface area contributed by atoms with E-state index >= 15 is 0 Å². The SMILES string of the molecule is Cn1cc(-n2ccc(=O)c(Cc3cccc(NC(=O)NCc4ccccc4)c3)n2)cn1. The van der Waals surface area contributed by atoms with Gasteiger partial charge in [-0.1, -0.05) is 42.5 Å². The van der Waals surface area contributed by atoms with E-state index in [-0.39, 0.29) is 11.5 Å². The molecule has 0 unspecified atom stereocenters. The van der Waals surface area contributed by atoms with Gasteiger partial charge in [-0.05, 0) is 23.3 Å². The summed E-state index contributed by atoms with van der Waals surface area (Å²) in [6.45, 7) is 0.439. The number of carbonyl (C=O) groups is 1. The van der Waals surface area contributed by atoms with Gasteiger partial charge in [0.25, 0.3) is 0 Å². The predicted octanol–water partition coefficient (Wildman–Crippen LogP) is 2.88. The van der Waals surface area contributed by atoms with E-state index in [0.29, 0.717) is 24.3 Å². The van der Waals surface area contributed by atoms with Gasteiger partial charge < -0.3 is 10.6 Å². The van der Waals surface area contributed by atoms with Gasteiger partial charge in [-0.3, -0.25) is 9.48 Å². The monoisotopic (exact) mass is 414 g/mol. The van der Waals surface area contributed by atoms with Crippen molar-refractivity contribution in [3.05, 3.63) is 106 Å². The van der Waals surface area contributed by atoms with Crippen molar-refractivity contribution in [3.63, 3.8) is 0 Å². The average molecular weight is 414 g/mol. The van der Waals surface area contributed by atoms with E-state index < -0.39 is 0 Å². The molecule has 0 aliphatic heterocycles. The van der Waals surface area contributed by atoms with Crippen molar-refractivity contribution >= 4 is 11.7 Å². The fourth-order valence-corrected chi connectivity index (χ4v) is 3.15. The highest BCUT2D eigenvalue weighted by Crippen LogP contribution is 2.13. The van der Waals surface area contributed by atoms with Crippen LogP contribution in [-0.2, 0) is 20.0 Å². The van der Waals surface area contributed by atoms with Crippen molar-refractivity contribution in [3.8, 4) is 5.69 Å². The van der Waals surface area contributed by atoms with Gasteiger partial charge in [0.05, 0.1) is 12.4 Å². The van der Waals surface area contributed by atoms with Crippen LogP contribution in [0.3, 0.4) is 0 Å². The van der Waals surface area contributed by atoms with Gasteiger partial charge in [0.1, 0.15) is 11.4 Å². The molecule has 0 aliphatic rings. The number of carbonyl (C=O) groups excluding carboxylic acids is 1. The number of hydrogen-bond acceptors (Lipinski definition) is 4. The number of amides is 2. The minimum Gasteiger partial charge on any atom is -0.334 e. The summed E-state index contributed by atoms with van der Waals surface area (Å²) in [5.74, 6) is 0. The number of hydrogen-bond donors (Lipinski definition) is 2. The van der Waals surface area contributed by atoms with Crippen LogP contribution >= 0.6 is 0 Å². The second-order valence-corrected chi connectivity index (χ2v) is 7.11. The normalized spacial score (nSPS) is 10.6. The van der Waals surface area contributed by atoms with Crippen molar-refractivity contribution in [2.45, 2.75) is 13.0 Å². The maximum atomic E-state index is 12.3. The molecule has 31 heavy (non-hydrogen) atoms. The molecule has 2 amide bonds. The molecule has 2 aromatic heterocycles. The summed E-state index contributed by atoms with van der Waals surface area (Å²) < 4.78 is 3.30. The molecule has 2 heterocycles. The van der Waals surface area contributed by atoms with Crippen molar-refractivity contribution in [2.75, 3.05) is 5.32 Å². The van der Waals surface area contributed by atoms with Gasteiger partial charge in [-0.2, -0.15) is 10.2 Å². The molecule has 0 radical (unpaired) electrons. The molecular formula is C23H22N6O2. The number of urea groups is 1. The molecular weight excluding hydrogens is 392 g/mol. The number of aromatic nitrogens is 4. The van der Waals surface area contributed by atoms with Crippen LogP contribution in [0.5, 0.6) is 0 Å². The van der Waals surface area contributed by atoms with E-state index in [1.165, 1.54) is 6.07 Å². The quantitative estimate of drug-likeness (QED) is 0.507. The number of aryl methyl sites for hydroxylation is 1. The summed E-state index contributed by atoms with van der Waals surface area (Å²) in [5, 5.41) is 14.2. The smallest absolute Gasteiger partial charge is 0.319 e. The standard InChI is InChI=1S/C23H22N6O2/c1-28-16-20(15-25-28)29-11-10-22(30)21(27-29)13-18-8-5-9-19(12-18)26-23(31)24-14-17-6-3-2-4-7-17/h2-12,15-16H,13-14H2,1H3,(H2,24,26,31). The third kappa shape index (κ3) is 5.24. The Bertz CT molecular complexity index is 1250. The van der Waals surface area contributed by atoms with Gasteiger partial charge in [-0.25, -0.2) is 9.48 Å². The third-order valence-corrected chi connectivity index (χ3v) is 4.69. The van der Waals surface area contributed by atoms with E-state index in [1.807, 2.05) is 61.8 Å². The molecule has 2 aromatic carbocycles. The van der Waals surface area contributed by atoms with Gasteiger partial charge in [0.15, 0.2) is 0 Å². The maximum Gasteiger partial charge on any atom is 0.319 e. The Hall–Kier alpha value is -4.20. The summed E-state index contributed by atoms with van der Waals surface area (Å²) in [6, 6.07) is 18.3. The number of nitrogens with zero attached hydrogens (tertiary/aromatic N) is 4. The number of nitrogens with one attached hydrogen (secondary N) is 2. The first-order valence-electron chi connectivity index (χ1n) is 9.82. The molecule has 0 bridgehead atoms. The largest absolute Gasteiger partial charge is 0.334 e. The van der Waals surface area contributed by atoms with Gasteiger partial charge >= 0.3 is 6.03 Å². The molecule has 2 N–H and O–H groups in total. The molecule has 0 spiro atoms. The Morgan fingerprint density at radius 3 is 2.61 bits per heavy atom. The fraction of sp³-hybridized carbons (Fsp3) is 0.130. The number of benzene rings is 2. The van der Waals surface area contributed by atoms with E-state index in [0.717, 1.165) is 16.8 Å². The van der Waals surface area contributed by atoms with Crippen LogP contribution in [0.2, 0.25) is 0 Å². The molecule has 0 saturated carbocycles. The van der Waals surface area contributed by atoms with Crippen LogP contribution in [0, 0.1) is 0 Å². The average Bonchev–Trinajstić information content (AvgIpc) is 3.21. The number of anilines is 1. The minimum atomic E-state index is -0.294. The first kappa shape index (κ1) is 20.1. The molecule has 0 saturated heterocycles. The molecule has 0 aliphatic carbocycles. The summed E-state index contributed by atoms with van der Waals surface area (Å²) in [7, 11) is 1.82. The van der Waals surface area contributed by atoms with Crippen LogP contribution in [-0.4, -0.2) is 25.6 Å². The zero-order chi connectivity index (χ0) is 21.6. The second kappa shape index (κ2) is 9.08. The summed E-state index contributed by atoms with van der Waals surface area (Å²) in [6.07, 6.45) is 5.47. The fourth-order valence-electron chi connectivity index (χ4n) is 3.15. The highest BCUT2D eigenvalue weighted by Gasteiger charge is 2.08. The second-order valence-electron chi connectivity index (χ2n) is 7.11. The zero-order valence-corrected chi connectivity index (χ0v) is 17.0. The Morgan fingerprint density at radius 2 is 1.84 bits per heavy atom. The summed E-state index contributed by atoms with van der Waals surface area (Å²) in [5.41, 5.74) is 3.58. The zero-order valence-electron chi connectivity index (χ0n) is 17.0. The first-order valence-corrected chi connectivity index (χ1v) is 9.82. The lowest BCUT2D eigenvalue weighted by molar-refractivity contribution is 0.251. The highest BCUT2D eigenvalue weighted by atomic mass is 16.2. The van der Waals surface area contributed by atoms with E-state index in [1.54, 1.807) is 27.8 Å². The molecule has 4 aromatic rings. The van der Waals surface area contributed by atoms with Crippen molar-refractivity contribution in [1.82, 2.24) is 24.9 Å². The summed E-state index contributed by atoms with van der Waals surface area (Å²) in [4.78, 5) is 24.5. The third-order valence-electron chi connectivity index (χ3n) is 4.69. The van der Waals surface area contributed by atoms with Gasteiger partial charge in [0, 0.05) is 38.0 Å². The van der Waals surface area contributed by atoms with E-state index in [4.69, 9.17) is 0 Å². The van der Waals surface area contributed by atoms with Crippen LogP contribution < -0.4 is 16.1 Å². The molecule has 0 fully saturated rings. The van der Waals surface area contributed by atoms with Crippen LogP contribution in [0.1, 0.15) is 16.8 Å². The van der Waals surface area contributed by atoms with Crippen molar-refractivity contribution in [1.29, 1.82) is 0 Å². The molecule has 8 nitrogen and oxygen atoms in total. The van der Waals surface area contributed by atoms with E-state index in [9.17, 15) is 9.59 Å². The predicted molar refractivity (Wildman–Crippen MR) is 118 cm³/mol. The van der Waals surface area contributed by atoms with Crippen LogP contribution in [0.4, 0.5) is 10.5 Å². The van der Waals surface area contributed by atoms with Gasteiger partial charge in [-0.15, -0.1) is 0 Å². The topological polar surface area (TPSA) is 93.8 Å². The Labute approximate surface area is 179 Å². The molecule has 0 atom stereocenters.